The fourth-order valence-corrected chi connectivity index (χ4v) is 6.85. The molecule has 0 amide bonds. The Morgan fingerprint density at radius 1 is 1.07 bits per heavy atom. The number of hydrogen-bond donors (Lipinski definition) is 0. The maximum absolute atomic E-state index is 13.1. The smallest absolute Gasteiger partial charge is 0.244 e. The van der Waals surface area contributed by atoms with E-state index in [0.717, 1.165) is 25.7 Å². The van der Waals surface area contributed by atoms with Crippen LogP contribution in [0, 0.1) is 11.8 Å². The Morgan fingerprint density at radius 2 is 1.89 bits per heavy atom. The monoisotopic (exact) mass is 422 g/mol. The lowest BCUT2D eigenvalue weighted by molar-refractivity contribution is -0.125. The van der Waals surface area contributed by atoms with E-state index in [2.05, 4.69) is 0 Å². The summed E-state index contributed by atoms with van der Waals surface area (Å²) >= 11 is 6.12. The molecular weight excluding hydrogens is 396 g/mol. The molecule has 2 aliphatic heterocycles. The molecule has 0 N–H and O–H groups in total. The van der Waals surface area contributed by atoms with Gasteiger partial charge in [-0.15, -0.1) is 0 Å². The standard InChI is InChI=1S/C21H27ClN2O3S/c22-17-8-2-4-10-20(17)28(26,27)24-13-5-7-16(14-24)21(25)19-12-11-15-6-1-3-9-18(15)23-19/h2,4,8,10,15-16,19H,1,3,5-7,9,11-14H2/t15?,16-,19?/m0/s1. The number of ketones is 1. The van der Waals surface area contributed by atoms with Crippen molar-refractivity contribution < 1.29 is 13.2 Å². The number of benzene rings is 1. The lowest BCUT2D eigenvalue weighted by atomic mass is 9.79. The second-order valence-electron chi connectivity index (χ2n) is 8.19. The summed E-state index contributed by atoms with van der Waals surface area (Å²) in [6.45, 7) is 0.662. The molecule has 152 valence electrons. The third kappa shape index (κ3) is 3.91. The number of rotatable bonds is 4. The second kappa shape index (κ2) is 8.25. The number of sulfonamides is 1. The molecule has 2 fully saturated rings. The van der Waals surface area contributed by atoms with E-state index in [1.165, 1.54) is 35.3 Å². The predicted octanol–water partition coefficient (Wildman–Crippen LogP) is 4.10. The van der Waals surface area contributed by atoms with E-state index >= 15 is 0 Å². The largest absolute Gasteiger partial charge is 0.297 e. The minimum atomic E-state index is -3.70. The van der Waals surface area contributed by atoms with Crippen molar-refractivity contribution in [3.63, 3.8) is 0 Å². The van der Waals surface area contributed by atoms with Gasteiger partial charge in [0.25, 0.3) is 0 Å². The van der Waals surface area contributed by atoms with Crippen LogP contribution in [0.2, 0.25) is 5.02 Å². The SMILES string of the molecule is O=C(C1CCC2CCCCC2=N1)[C@H]1CCCN(S(=O)(=O)c2ccccc2Cl)C1. The molecular formula is C21H27ClN2O3S. The van der Waals surface area contributed by atoms with Gasteiger partial charge in [0, 0.05) is 24.7 Å². The Labute approximate surface area is 172 Å². The highest BCUT2D eigenvalue weighted by Gasteiger charge is 2.38. The molecule has 5 nitrogen and oxygen atoms in total. The summed E-state index contributed by atoms with van der Waals surface area (Å²) in [4.78, 5) is 18.1. The number of carbonyl (C=O) groups is 1. The molecule has 4 rings (SSSR count). The summed E-state index contributed by atoms with van der Waals surface area (Å²) in [5.41, 5.74) is 1.23. The molecule has 0 bridgehead atoms. The fraction of sp³-hybridized carbons (Fsp3) is 0.619. The lowest BCUT2D eigenvalue weighted by Gasteiger charge is -2.35. The van der Waals surface area contributed by atoms with Crippen molar-refractivity contribution in [2.24, 2.45) is 16.8 Å². The number of piperidine rings is 1. The Balaban J connectivity index is 1.49. The van der Waals surface area contributed by atoms with Crippen LogP contribution in [0.4, 0.5) is 0 Å². The van der Waals surface area contributed by atoms with Gasteiger partial charge < -0.3 is 0 Å². The zero-order chi connectivity index (χ0) is 19.7. The maximum atomic E-state index is 13.1. The number of carbonyl (C=O) groups excluding carboxylic acids is 1. The van der Waals surface area contributed by atoms with Gasteiger partial charge in [0.2, 0.25) is 10.0 Å². The molecule has 2 heterocycles. The van der Waals surface area contributed by atoms with Crippen LogP contribution in [0.5, 0.6) is 0 Å². The summed E-state index contributed by atoms with van der Waals surface area (Å²) in [6, 6.07) is 6.21. The van der Waals surface area contributed by atoms with Crippen LogP contribution in [0.3, 0.4) is 0 Å². The Hall–Kier alpha value is -1.24. The van der Waals surface area contributed by atoms with Gasteiger partial charge in [-0.2, -0.15) is 4.31 Å². The van der Waals surface area contributed by atoms with Crippen molar-refractivity contribution in [1.82, 2.24) is 4.31 Å². The van der Waals surface area contributed by atoms with E-state index in [4.69, 9.17) is 16.6 Å². The lowest BCUT2D eigenvalue weighted by Crippen LogP contribution is -2.45. The van der Waals surface area contributed by atoms with Gasteiger partial charge in [0.1, 0.15) is 10.9 Å². The third-order valence-electron chi connectivity index (χ3n) is 6.39. The normalized spacial score (nSPS) is 29.0. The molecule has 0 aromatic heterocycles. The molecule has 3 aliphatic rings. The van der Waals surface area contributed by atoms with Crippen molar-refractivity contribution in [3.05, 3.63) is 29.3 Å². The summed E-state index contributed by atoms with van der Waals surface area (Å²) in [7, 11) is -3.70. The molecule has 2 unspecified atom stereocenters. The summed E-state index contributed by atoms with van der Waals surface area (Å²) < 4.78 is 27.5. The van der Waals surface area contributed by atoms with E-state index in [-0.39, 0.29) is 34.2 Å². The highest BCUT2D eigenvalue weighted by atomic mass is 35.5. The van der Waals surface area contributed by atoms with Crippen molar-refractivity contribution in [1.29, 1.82) is 0 Å². The van der Waals surface area contributed by atoms with Gasteiger partial charge in [-0.05, 0) is 63.0 Å². The van der Waals surface area contributed by atoms with E-state index in [0.29, 0.717) is 18.9 Å². The molecule has 1 saturated carbocycles. The van der Waals surface area contributed by atoms with Crippen molar-refractivity contribution in [3.8, 4) is 0 Å². The summed E-state index contributed by atoms with van der Waals surface area (Å²) in [5.74, 6) is 0.414. The summed E-state index contributed by atoms with van der Waals surface area (Å²) in [6.07, 6.45) is 7.93. The minimum absolute atomic E-state index is 0.118. The van der Waals surface area contributed by atoms with Gasteiger partial charge in [-0.1, -0.05) is 30.2 Å². The number of aliphatic imine (C=N–C) groups is 1. The molecule has 28 heavy (non-hydrogen) atoms. The number of halogens is 1. The van der Waals surface area contributed by atoms with Gasteiger partial charge >= 0.3 is 0 Å². The average molecular weight is 423 g/mol. The number of Topliss-reactive ketones (excluding diaryl/α,β-unsaturated/α-hetero) is 1. The van der Waals surface area contributed by atoms with Crippen LogP contribution in [0.1, 0.15) is 51.4 Å². The zero-order valence-electron chi connectivity index (χ0n) is 16.0. The van der Waals surface area contributed by atoms with Crippen molar-refractivity contribution in [2.45, 2.75) is 62.3 Å². The minimum Gasteiger partial charge on any atom is -0.297 e. The Kier molecular flexibility index (Phi) is 5.91. The third-order valence-corrected chi connectivity index (χ3v) is 8.75. The fourth-order valence-electron chi connectivity index (χ4n) is 4.84. The van der Waals surface area contributed by atoms with Crippen LogP contribution >= 0.6 is 11.6 Å². The predicted molar refractivity (Wildman–Crippen MR) is 110 cm³/mol. The van der Waals surface area contributed by atoms with Crippen LogP contribution in [0.15, 0.2) is 34.2 Å². The highest BCUT2D eigenvalue weighted by Crippen LogP contribution is 2.34. The molecule has 0 radical (unpaired) electrons. The first kappa shape index (κ1) is 20.0. The van der Waals surface area contributed by atoms with Crippen LogP contribution in [-0.4, -0.2) is 43.3 Å². The first-order chi connectivity index (χ1) is 13.5. The van der Waals surface area contributed by atoms with E-state index in [9.17, 15) is 13.2 Å². The zero-order valence-corrected chi connectivity index (χ0v) is 17.6. The topological polar surface area (TPSA) is 66.8 Å². The van der Waals surface area contributed by atoms with E-state index < -0.39 is 10.0 Å². The van der Waals surface area contributed by atoms with E-state index in [1.807, 2.05) is 0 Å². The van der Waals surface area contributed by atoms with Crippen molar-refractivity contribution >= 4 is 33.1 Å². The van der Waals surface area contributed by atoms with Crippen molar-refractivity contribution in [2.75, 3.05) is 13.1 Å². The number of hydrogen-bond acceptors (Lipinski definition) is 4. The quantitative estimate of drug-likeness (QED) is 0.733. The molecule has 1 aromatic rings. The first-order valence-corrected chi connectivity index (χ1v) is 12.1. The van der Waals surface area contributed by atoms with Gasteiger partial charge in [-0.3, -0.25) is 9.79 Å². The van der Waals surface area contributed by atoms with Crippen LogP contribution < -0.4 is 0 Å². The van der Waals surface area contributed by atoms with Gasteiger partial charge in [0.05, 0.1) is 5.02 Å². The molecule has 1 aromatic carbocycles. The maximum Gasteiger partial charge on any atom is 0.244 e. The molecule has 1 saturated heterocycles. The van der Waals surface area contributed by atoms with Gasteiger partial charge in [0.15, 0.2) is 5.78 Å². The van der Waals surface area contributed by atoms with E-state index in [1.54, 1.807) is 18.2 Å². The Bertz CT molecular complexity index is 883. The second-order valence-corrected chi connectivity index (χ2v) is 10.5. The van der Waals surface area contributed by atoms with Crippen LogP contribution in [-0.2, 0) is 14.8 Å². The van der Waals surface area contributed by atoms with Crippen LogP contribution in [0.25, 0.3) is 0 Å². The number of fused-ring (bicyclic) bond motifs is 1. The van der Waals surface area contributed by atoms with Gasteiger partial charge in [-0.25, -0.2) is 8.42 Å². The highest BCUT2D eigenvalue weighted by molar-refractivity contribution is 7.89. The molecule has 0 spiro atoms. The first-order valence-electron chi connectivity index (χ1n) is 10.3. The average Bonchev–Trinajstić information content (AvgIpc) is 2.73. The molecule has 1 aliphatic carbocycles. The molecule has 3 atom stereocenters. The number of nitrogens with zero attached hydrogens (tertiary/aromatic N) is 2. The Morgan fingerprint density at radius 3 is 2.71 bits per heavy atom. The molecule has 7 heteroatoms. The summed E-state index contributed by atoms with van der Waals surface area (Å²) in [5, 5.41) is 0.220.